The summed E-state index contributed by atoms with van der Waals surface area (Å²) in [6.45, 7) is 2.42. The van der Waals surface area contributed by atoms with Crippen LogP contribution in [0.15, 0.2) is 84.0 Å². The number of aromatic amines is 1. The molecule has 3 heterocycles. The zero-order valence-electron chi connectivity index (χ0n) is 24.6. The van der Waals surface area contributed by atoms with E-state index in [1.165, 1.54) is 17.0 Å². The zero-order chi connectivity index (χ0) is 32.2. The van der Waals surface area contributed by atoms with E-state index in [1.807, 2.05) is 48.5 Å². The number of ether oxygens (including phenoxy) is 1. The number of imidazole rings is 1. The van der Waals surface area contributed by atoms with Gasteiger partial charge in [0.1, 0.15) is 22.5 Å². The lowest BCUT2D eigenvalue weighted by Crippen LogP contribution is -2.29. The number of amidine groups is 1. The number of nitrogens with zero attached hydrogens (tertiary/aromatic N) is 5. The summed E-state index contributed by atoms with van der Waals surface area (Å²) in [7, 11) is 0. The van der Waals surface area contributed by atoms with Gasteiger partial charge in [-0.05, 0) is 54.8 Å². The Bertz CT molecular complexity index is 1980. The molecule has 1 atom stereocenters. The van der Waals surface area contributed by atoms with Gasteiger partial charge in [-0.3, -0.25) is 9.79 Å². The van der Waals surface area contributed by atoms with Crippen molar-refractivity contribution in [2.45, 2.75) is 25.9 Å². The van der Waals surface area contributed by atoms with Crippen molar-refractivity contribution in [1.29, 1.82) is 0 Å². The van der Waals surface area contributed by atoms with Crippen LogP contribution >= 0.6 is 23.2 Å². The molecule has 13 heteroatoms. The summed E-state index contributed by atoms with van der Waals surface area (Å²) in [6, 6.07) is 20.1. The van der Waals surface area contributed by atoms with Crippen LogP contribution in [0.25, 0.3) is 23.0 Å². The van der Waals surface area contributed by atoms with Crippen molar-refractivity contribution in [1.82, 2.24) is 30.3 Å². The molecule has 6 rings (SSSR count). The Morgan fingerprint density at radius 1 is 1.13 bits per heavy atom. The fourth-order valence-electron chi connectivity index (χ4n) is 5.10. The summed E-state index contributed by atoms with van der Waals surface area (Å²) in [5.41, 5.74) is 11.4. The fraction of sp³-hybridized carbons (Fsp3) is 0.152. The number of aliphatic imine (C=N–C) groups is 1. The molecular weight excluding hydrogens is 627 g/mol. The minimum Gasteiger partial charge on any atom is -0.461 e. The Hall–Kier alpha value is -5.26. The van der Waals surface area contributed by atoms with Gasteiger partial charge in [-0.1, -0.05) is 70.9 Å². The van der Waals surface area contributed by atoms with Crippen molar-refractivity contribution in [2.24, 2.45) is 10.7 Å². The van der Waals surface area contributed by atoms with Crippen molar-refractivity contribution in [3.8, 4) is 16.9 Å². The number of H-pyrrole nitrogens is 1. The second-order valence-electron chi connectivity index (χ2n) is 10.4. The molecular formula is C33H28Cl2N8O3. The third kappa shape index (κ3) is 6.70. The molecule has 0 saturated heterocycles. The summed E-state index contributed by atoms with van der Waals surface area (Å²) >= 11 is 12.9. The van der Waals surface area contributed by atoms with E-state index in [4.69, 9.17) is 38.7 Å². The van der Waals surface area contributed by atoms with Crippen LogP contribution in [0.5, 0.6) is 0 Å². The molecule has 0 unspecified atom stereocenters. The molecule has 11 nitrogen and oxygen atoms in total. The molecule has 232 valence electrons. The Morgan fingerprint density at radius 2 is 1.96 bits per heavy atom. The number of nitrogens with two attached hydrogens (primary N) is 1. The summed E-state index contributed by atoms with van der Waals surface area (Å²) in [5.74, 6) is 0.0534. The number of aromatic nitrogens is 5. The summed E-state index contributed by atoms with van der Waals surface area (Å²) in [5, 5.41) is 11.8. The predicted octanol–water partition coefficient (Wildman–Crippen LogP) is 5.47. The Morgan fingerprint density at radius 3 is 2.76 bits per heavy atom. The van der Waals surface area contributed by atoms with Crippen LogP contribution in [-0.2, 0) is 22.5 Å². The number of benzene rings is 3. The Kier molecular flexibility index (Phi) is 8.95. The van der Waals surface area contributed by atoms with Crippen LogP contribution in [0, 0.1) is 0 Å². The number of carbonyl (C=O) groups is 2. The van der Waals surface area contributed by atoms with Gasteiger partial charge in [0.2, 0.25) is 5.91 Å². The van der Waals surface area contributed by atoms with Crippen molar-refractivity contribution in [2.75, 3.05) is 6.61 Å². The first-order valence-corrected chi connectivity index (χ1v) is 15.2. The average molecular weight is 656 g/mol. The van der Waals surface area contributed by atoms with E-state index in [9.17, 15) is 9.59 Å². The third-order valence-corrected chi connectivity index (χ3v) is 7.82. The maximum Gasteiger partial charge on any atom is 0.360 e. The highest BCUT2D eigenvalue weighted by Crippen LogP contribution is 2.31. The molecule has 46 heavy (non-hydrogen) atoms. The molecule has 0 spiro atoms. The predicted molar refractivity (Wildman–Crippen MR) is 176 cm³/mol. The number of fused-ring (bicyclic) bond motifs is 1. The number of hydrogen-bond donors (Lipinski definition) is 3. The molecule has 1 amide bonds. The second-order valence-corrected chi connectivity index (χ2v) is 11.2. The monoisotopic (exact) mass is 654 g/mol. The first-order chi connectivity index (χ1) is 22.3. The van der Waals surface area contributed by atoms with Gasteiger partial charge in [-0.2, -0.15) is 0 Å². The lowest BCUT2D eigenvalue weighted by molar-refractivity contribution is -0.117. The van der Waals surface area contributed by atoms with Crippen LogP contribution in [-0.4, -0.2) is 49.3 Å². The van der Waals surface area contributed by atoms with Gasteiger partial charge in [0, 0.05) is 27.8 Å². The molecule has 5 aromatic rings. The zero-order valence-corrected chi connectivity index (χ0v) is 26.1. The maximum absolute atomic E-state index is 13.4. The minimum absolute atomic E-state index is 0.0575. The highest BCUT2D eigenvalue weighted by atomic mass is 35.5. The van der Waals surface area contributed by atoms with Gasteiger partial charge in [-0.25, -0.2) is 14.5 Å². The van der Waals surface area contributed by atoms with Gasteiger partial charge in [-0.15, -0.1) is 5.10 Å². The normalized spacial score (nSPS) is 13.0. The van der Waals surface area contributed by atoms with Crippen molar-refractivity contribution in [3.05, 3.63) is 123 Å². The van der Waals surface area contributed by atoms with Crippen molar-refractivity contribution < 1.29 is 14.3 Å². The minimum atomic E-state index is -0.584. The maximum atomic E-state index is 13.4. The van der Waals surface area contributed by atoms with E-state index >= 15 is 0 Å². The number of esters is 1. The average Bonchev–Trinajstić information content (AvgIpc) is 3.79. The topological polar surface area (TPSA) is 153 Å². The second kappa shape index (κ2) is 13.4. The first kappa shape index (κ1) is 30.8. The molecule has 1 aliphatic heterocycles. The molecule has 4 N–H and O–H groups in total. The van der Waals surface area contributed by atoms with Crippen molar-refractivity contribution >= 4 is 47.0 Å². The largest absolute Gasteiger partial charge is 0.461 e. The lowest BCUT2D eigenvalue weighted by Gasteiger charge is -2.16. The lowest BCUT2D eigenvalue weighted by atomic mass is 10.0. The van der Waals surface area contributed by atoms with Crippen LogP contribution in [0.1, 0.15) is 51.5 Å². The van der Waals surface area contributed by atoms with E-state index in [0.29, 0.717) is 51.7 Å². The summed E-state index contributed by atoms with van der Waals surface area (Å²) < 4.78 is 6.43. The van der Waals surface area contributed by atoms with E-state index in [1.54, 1.807) is 31.2 Å². The number of rotatable bonds is 10. The van der Waals surface area contributed by atoms with Gasteiger partial charge in [0.05, 0.1) is 31.1 Å². The molecule has 0 aliphatic carbocycles. The molecule has 1 aliphatic rings. The molecule has 0 radical (unpaired) electrons. The molecule has 2 aromatic heterocycles. The van der Waals surface area contributed by atoms with Crippen LogP contribution in [0.4, 0.5) is 0 Å². The highest BCUT2D eigenvalue weighted by molar-refractivity contribution is 6.32. The number of halogens is 2. The Labute approximate surface area is 274 Å². The van der Waals surface area contributed by atoms with Gasteiger partial charge >= 0.3 is 5.97 Å². The van der Waals surface area contributed by atoms with E-state index in [0.717, 1.165) is 22.3 Å². The number of hydrogen-bond acceptors (Lipinski definition) is 8. The molecule has 0 fully saturated rings. The van der Waals surface area contributed by atoms with E-state index in [2.05, 4.69) is 25.6 Å². The summed E-state index contributed by atoms with van der Waals surface area (Å²) in [6.07, 6.45) is 4.92. The standard InChI is InChI=1S/C33H28Cl2N8O3/c1-2-46-33(45)26-18-43(42-41-26)27-12-10-23(34)16-20(27)9-13-28(44)38-25(14-19-6-4-3-5-7-19)32-39-29(30(35)40-32)21-8-11-24-22(15-21)17-37-31(24)36/h3-13,15-16,18,25H,2,14,17H2,1H3,(H2,36,37)(H,38,44)(H,39,40)/b13-9+/t25-/m0/s1. The number of carbonyl (C=O) groups excluding carboxylic acids is 2. The van der Waals surface area contributed by atoms with Crippen LogP contribution in [0.2, 0.25) is 10.2 Å². The number of amides is 1. The number of nitrogens with one attached hydrogen (secondary N) is 2. The molecule has 0 bridgehead atoms. The van der Waals surface area contributed by atoms with Crippen molar-refractivity contribution in [3.63, 3.8) is 0 Å². The van der Waals surface area contributed by atoms with E-state index in [-0.39, 0.29) is 18.2 Å². The Balaban J connectivity index is 1.26. The quantitative estimate of drug-likeness (QED) is 0.133. The van der Waals surface area contributed by atoms with Gasteiger partial charge in [0.25, 0.3) is 0 Å². The van der Waals surface area contributed by atoms with Crippen LogP contribution < -0.4 is 11.1 Å². The molecule has 0 saturated carbocycles. The first-order valence-electron chi connectivity index (χ1n) is 14.4. The van der Waals surface area contributed by atoms with Crippen LogP contribution in [0.3, 0.4) is 0 Å². The van der Waals surface area contributed by atoms with Gasteiger partial charge < -0.3 is 20.8 Å². The van der Waals surface area contributed by atoms with E-state index < -0.39 is 12.0 Å². The smallest absolute Gasteiger partial charge is 0.360 e. The van der Waals surface area contributed by atoms with Gasteiger partial charge in [0.15, 0.2) is 5.69 Å². The summed E-state index contributed by atoms with van der Waals surface area (Å²) in [4.78, 5) is 37.8. The highest BCUT2D eigenvalue weighted by Gasteiger charge is 2.22. The fourth-order valence-corrected chi connectivity index (χ4v) is 5.53. The molecule has 3 aromatic carbocycles. The third-order valence-electron chi connectivity index (χ3n) is 7.31. The SMILES string of the molecule is CCOC(=O)c1cn(-c2ccc(Cl)cc2/C=C/C(=O)N[C@@H](Cc2ccccc2)c2nc(-c3ccc4c(c3)CN=C4N)c(Cl)[nH]2)nn1.